The number of benzene rings is 2. The summed E-state index contributed by atoms with van der Waals surface area (Å²) in [6.45, 7) is 5.61. The quantitative estimate of drug-likeness (QED) is 0.738. The summed E-state index contributed by atoms with van der Waals surface area (Å²) < 4.78 is 13.7. The lowest BCUT2D eigenvalue weighted by molar-refractivity contribution is -0.120. The number of hydrogen-bond acceptors (Lipinski definition) is 3. The second-order valence-electron chi connectivity index (χ2n) is 6.74. The zero-order valence-corrected chi connectivity index (χ0v) is 16.1. The first-order valence-electron chi connectivity index (χ1n) is 9.35. The predicted octanol–water partition coefficient (Wildman–Crippen LogP) is 3.35. The van der Waals surface area contributed by atoms with Gasteiger partial charge in [-0.3, -0.25) is 9.69 Å². The highest BCUT2D eigenvalue weighted by atomic mass is 35.5. The largest absolute Gasteiger partial charge is 0.369 e. The smallest absolute Gasteiger partial charge is 0.224 e. The maximum absolute atomic E-state index is 13.7. The zero-order valence-electron chi connectivity index (χ0n) is 15.3. The molecule has 0 saturated carbocycles. The fourth-order valence-electron chi connectivity index (χ4n) is 3.32. The molecule has 2 aromatic rings. The van der Waals surface area contributed by atoms with Gasteiger partial charge < -0.3 is 10.2 Å². The summed E-state index contributed by atoms with van der Waals surface area (Å²) in [7, 11) is 0. The molecule has 1 amide bonds. The van der Waals surface area contributed by atoms with E-state index in [2.05, 4.69) is 39.4 Å². The summed E-state index contributed by atoms with van der Waals surface area (Å²) in [6, 6.07) is 14.9. The van der Waals surface area contributed by atoms with Gasteiger partial charge in [-0.05, 0) is 37.2 Å². The summed E-state index contributed by atoms with van der Waals surface area (Å²) in [5.74, 6) is -0.634. The highest BCUT2D eigenvalue weighted by Gasteiger charge is 2.17. The molecule has 27 heavy (non-hydrogen) atoms. The molecule has 3 rings (SSSR count). The Labute approximate surface area is 164 Å². The van der Waals surface area contributed by atoms with Crippen LogP contribution in [0, 0.1) is 5.82 Å². The molecule has 1 heterocycles. The van der Waals surface area contributed by atoms with Crippen LogP contribution < -0.4 is 10.2 Å². The molecule has 0 aromatic heterocycles. The highest BCUT2D eigenvalue weighted by molar-refractivity contribution is 6.31. The number of halogens is 2. The van der Waals surface area contributed by atoms with Crippen LogP contribution in [-0.4, -0.2) is 50.1 Å². The van der Waals surface area contributed by atoms with Crippen LogP contribution in [0.2, 0.25) is 5.02 Å². The molecular formula is C21H25ClFN3O. The van der Waals surface area contributed by atoms with Crippen LogP contribution in [-0.2, 0) is 11.2 Å². The summed E-state index contributed by atoms with van der Waals surface area (Å²) in [6.07, 6.45) is 0.851. The molecule has 1 N–H and O–H groups in total. The standard InChI is InChI=1S/C21H25ClFN3O/c22-19-8-4-9-20(23)18(19)16-21(27)24-10-5-11-25-12-14-26(15-13-25)17-6-2-1-3-7-17/h1-4,6-9H,5,10-16H2,(H,24,27). The molecule has 1 fully saturated rings. The summed E-state index contributed by atoms with van der Waals surface area (Å²) in [4.78, 5) is 16.8. The highest BCUT2D eigenvalue weighted by Crippen LogP contribution is 2.19. The monoisotopic (exact) mass is 389 g/mol. The van der Waals surface area contributed by atoms with Crippen LogP contribution in [0.25, 0.3) is 0 Å². The van der Waals surface area contributed by atoms with E-state index in [1.165, 1.54) is 17.8 Å². The Balaban J connectivity index is 1.33. The van der Waals surface area contributed by atoms with Gasteiger partial charge in [-0.2, -0.15) is 0 Å². The third-order valence-electron chi connectivity index (χ3n) is 4.87. The van der Waals surface area contributed by atoms with Crippen molar-refractivity contribution in [2.24, 2.45) is 0 Å². The average Bonchev–Trinajstić information content (AvgIpc) is 2.69. The van der Waals surface area contributed by atoms with E-state index in [4.69, 9.17) is 11.6 Å². The molecular weight excluding hydrogens is 365 g/mol. The van der Waals surface area contributed by atoms with E-state index in [1.54, 1.807) is 6.07 Å². The van der Waals surface area contributed by atoms with E-state index in [9.17, 15) is 9.18 Å². The summed E-state index contributed by atoms with van der Waals surface area (Å²) in [5.41, 5.74) is 1.53. The van der Waals surface area contributed by atoms with Gasteiger partial charge in [-0.1, -0.05) is 35.9 Å². The number of anilines is 1. The van der Waals surface area contributed by atoms with Crippen molar-refractivity contribution in [3.05, 3.63) is 64.9 Å². The first-order valence-corrected chi connectivity index (χ1v) is 9.73. The molecule has 1 saturated heterocycles. The number of amides is 1. The first-order chi connectivity index (χ1) is 13.1. The van der Waals surface area contributed by atoms with Crippen LogP contribution in [0.3, 0.4) is 0 Å². The minimum atomic E-state index is -0.436. The van der Waals surface area contributed by atoms with Gasteiger partial charge in [0, 0.05) is 49.0 Å². The third kappa shape index (κ3) is 5.68. The third-order valence-corrected chi connectivity index (χ3v) is 5.22. The fraction of sp³-hybridized carbons (Fsp3) is 0.381. The van der Waals surface area contributed by atoms with Crippen molar-refractivity contribution in [1.29, 1.82) is 0 Å². The second kappa shape index (κ2) is 9.72. The maximum Gasteiger partial charge on any atom is 0.224 e. The molecule has 0 aliphatic carbocycles. The van der Waals surface area contributed by atoms with Gasteiger partial charge in [0.05, 0.1) is 6.42 Å². The summed E-state index contributed by atoms with van der Waals surface area (Å²) in [5, 5.41) is 3.15. The zero-order chi connectivity index (χ0) is 19.1. The van der Waals surface area contributed by atoms with Gasteiger partial charge in [-0.25, -0.2) is 4.39 Å². The number of carbonyl (C=O) groups excluding carboxylic acids is 1. The predicted molar refractivity (Wildman–Crippen MR) is 108 cm³/mol. The summed E-state index contributed by atoms with van der Waals surface area (Å²) >= 11 is 5.96. The first kappa shape index (κ1) is 19.6. The molecule has 4 nitrogen and oxygen atoms in total. The molecule has 0 spiro atoms. The van der Waals surface area contributed by atoms with E-state index in [0.29, 0.717) is 11.6 Å². The molecule has 6 heteroatoms. The van der Waals surface area contributed by atoms with Crippen molar-refractivity contribution in [3.63, 3.8) is 0 Å². The van der Waals surface area contributed by atoms with Crippen molar-refractivity contribution >= 4 is 23.2 Å². The Morgan fingerprint density at radius 3 is 2.48 bits per heavy atom. The molecule has 0 bridgehead atoms. The minimum absolute atomic E-state index is 0.0265. The minimum Gasteiger partial charge on any atom is -0.369 e. The number of hydrogen-bond donors (Lipinski definition) is 1. The van der Waals surface area contributed by atoms with E-state index in [1.807, 2.05) is 6.07 Å². The van der Waals surface area contributed by atoms with E-state index in [0.717, 1.165) is 39.1 Å². The van der Waals surface area contributed by atoms with Crippen molar-refractivity contribution in [2.45, 2.75) is 12.8 Å². The van der Waals surface area contributed by atoms with Crippen LogP contribution in [0.4, 0.5) is 10.1 Å². The lowest BCUT2D eigenvalue weighted by atomic mass is 10.1. The van der Waals surface area contributed by atoms with Crippen LogP contribution in [0.5, 0.6) is 0 Å². The van der Waals surface area contributed by atoms with Gasteiger partial charge >= 0.3 is 0 Å². The van der Waals surface area contributed by atoms with E-state index in [-0.39, 0.29) is 17.9 Å². The molecule has 0 atom stereocenters. The van der Waals surface area contributed by atoms with Crippen molar-refractivity contribution < 1.29 is 9.18 Å². The second-order valence-corrected chi connectivity index (χ2v) is 7.15. The van der Waals surface area contributed by atoms with Crippen molar-refractivity contribution in [1.82, 2.24) is 10.2 Å². The fourth-order valence-corrected chi connectivity index (χ4v) is 3.55. The molecule has 0 unspecified atom stereocenters. The Bertz CT molecular complexity index is 728. The average molecular weight is 390 g/mol. The van der Waals surface area contributed by atoms with Crippen molar-refractivity contribution in [2.75, 3.05) is 44.2 Å². The van der Waals surface area contributed by atoms with E-state index >= 15 is 0 Å². The van der Waals surface area contributed by atoms with Gasteiger partial charge in [0.2, 0.25) is 5.91 Å². The normalized spacial score (nSPS) is 15.0. The Morgan fingerprint density at radius 2 is 1.78 bits per heavy atom. The topological polar surface area (TPSA) is 35.6 Å². The molecule has 144 valence electrons. The Morgan fingerprint density at radius 1 is 1.04 bits per heavy atom. The van der Waals surface area contributed by atoms with Crippen LogP contribution in [0.15, 0.2) is 48.5 Å². The van der Waals surface area contributed by atoms with E-state index < -0.39 is 5.82 Å². The molecule has 1 aliphatic rings. The number of piperazine rings is 1. The van der Waals surface area contributed by atoms with Gasteiger partial charge in [0.1, 0.15) is 5.82 Å². The van der Waals surface area contributed by atoms with Crippen LogP contribution >= 0.6 is 11.6 Å². The van der Waals surface area contributed by atoms with Gasteiger partial charge in [0.25, 0.3) is 0 Å². The number of rotatable bonds is 7. The SMILES string of the molecule is O=C(Cc1c(F)cccc1Cl)NCCCN1CCN(c2ccccc2)CC1. The number of carbonyl (C=O) groups is 1. The molecule has 1 aliphatic heterocycles. The van der Waals surface area contributed by atoms with Crippen molar-refractivity contribution in [3.8, 4) is 0 Å². The van der Waals surface area contributed by atoms with Gasteiger partial charge in [-0.15, -0.1) is 0 Å². The van der Waals surface area contributed by atoms with Gasteiger partial charge in [0.15, 0.2) is 0 Å². The Kier molecular flexibility index (Phi) is 7.07. The molecule has 0 radical (unpaired) electrons. The number of nitrogens with one attached hydrogen (secondary N) is 1. The lowest BCUT2D eigenvalue weighted by Gasteiger charge is -2.36. The maximum atomic E-state index is 13.7. The lowest BCUT2D eigenvalue weighted by Crippen LogP contribution is -2.47. The Hall–Kier alpha value is -2.11. The number of nitrogens with zero attached hydrogens (tertiary/aromatic N) is 2. The number of para-hydroxylation sites is 1. The molecule has 2 aromatic carbocycles. The van der Waals surface area contributed by atoms with Crippen LogP contribution in [0.1, 0.15) is 12.0 Å².